The minimum Gasteiger partial charge on any atom is -0.493 e. The summed E-state index contributed by atoms with van der Waals surface area (Å²) in [6.07, 6.45) is 0. The minimum atomic E-state index is -3.85. The van der Waals surface area contributed by atoms with Crippen LogP contribution in [0.5, 0.6) is 11.5 Å². The number of anilines is 2. The van der Waals surface area contributed by atoms with Gasteiger partial charge in [0.15, 0.2) is 11.5 Å². The standard InChI is InChI=1S/C28H33N3O5S/c1-20-7-6-8-25(21(20)2)30-15-17-31(18-16-30)28(32)22-9-11-23(12-10-22)29(3)37(33,34)24-13-14-26(35-4)27(19-24)36-5/h6-14,19H,15-18H2,1-5H3. The number of carbonyl (C=O) groups is 1. The third-order valence-electron chi connectivity index (χ3n) is 6.97. The smallest absolute Gasteiger partial charge is 0.264 e. The topological polar surface area (TPSA) is 79.4 Å². The van der Waals surface area contributed by atoms with E-state index < -0.39 is 10.0 Å². The lowest BCUT2D eigenvalue weighted by Gasteiger charge is -2.37. The Morgan fingerprint density at radius 3 is 2.14 bits per heavy atom. The van der Waals surface area contributed by atoms with E-state index in [0.29, 0.717) is 35.8 Å². The predicted molar refractivity (Wildman–Crippen MR) is 146 cm³/mol. The number of amides is 1. The first kappa shape index (κ1) is 26.3. The van der Waals surface area contributed by atoms with Crippen molar-refractivity contribution in [2.24, 2.45) is 0 Å². The van der Waals surface area contributed by atoms with E-state index in [0.717, 1.165) is 13.1 Å². The summed E-state index contributed by atoms with van der Waals surface area (Å²) in [4.78, 5) is 17.4. The van der Waals surface area contributed by atoms with Crippen LogP contribution < -0.4 is 18.7 Å². The second-order valence-electron chi connectivity index (χ2n) is 9.03. The van der Waals surface area contributed by atoms with Crippen LogP contribution in [-0.2, 0) is 10.0 Å². The van der Waals surface area contributed by atoms with Crippen molar-refractivity contribution in [2.75, 3.05) is 56.7 Å². The lowest BCUT2D eigenvalue weighted by atomic mass is 10.1. The summed E-state index contributed by atoms with van der Waals surface area (Å²) >= 11 is 0. The summed E-state index contributed by atoms with van der Waals surface area (Å²) in [5, 5.41) is 0. The van der Waals surface area contributed by atoms with Crippen LogP contribution in [0.15, 0.2) is 65.6 Å². The van der Waals surface area contributed by atoms with Gasteiger partial charge >= 0.3 is 0 Å². The first-order chi connectivity index (χ1) is 17.7. The molecule has 196 valence electrons. The van der Waals surface area contributed by atoms with Gasteiger partial charge in [0, 0.05) is 50.5 Å². The van der Waals surface area contributed by atoms with Crippen LogP contribution in [0, 0.1) is 13.8 Å². The number of hydrogen-bond donors (Lipinski definition) is 0. The number of benzene rings is 3. The summed E-state index contributed by atoms with van der Waals surface area (Å²) in [5.41, 5.74) is 4.72. The highest BCUT2D eigenvalue weighted by molar-refractivity contribution is 7.92. The molecule has 1 saturated heterocycles. The molecular formula is C28H33N3O5S. The van der Waals surface area contributed by atoms with Crippen LogP contribution in [-0.4, -0.2) is 66.7 Å². The molecule has 4 rings (SSSR count). The third kappa shape index (κ3) is 5.22. The molecule has 37 heavy (non-hydrogen) atoms. The number of rotatable bonds is 7. The van der Waals surface area contributed by atoms with E-state index in [2.05, 4.69) is 36.9 Å². The monoisotopic (exact) mass is 523 g/mol. The van der Waals surface area contributed by atoms with E-state index in [1.807, 2.05) is 4.90 Å². The molecular weight excluding hydrogens is 490 g/mol. The molecule has 0 spiro atoms. The average Bonchev–Trinajstić information content (AvgIpc) is 2.93. The van der Waals surface area contributed by atoms with Gasteiger partial charge in [-0.2, -0.15) is 0 Å². The van der Waals surface area contributed by atoms with Crippen LogP contribution in [0.4, 0.5) is 11.4 Å². The Labute approximate surface area is 219 Å². The van der Waals surface area contributed by atoms with E-state index in [-0.39, 0.29) is 10.8 Å². The van der Waals surface area contributed by atoms with Gasteiger partial charge in [-0.3, -0.25) is 9.10 Å². The highest BCUT2D eigenvalue weighted by Gasteiger charge is 2.25. The number of methoxy groups -OCH3 is 2. The summed E-state index contributed by atoms with van der Waals surface area (Å²) in [6.45, 7) is 7.02. The summed E-state index contributed by atoms with van der Waals surface area (Å²) in [6, 6.07) is 17.4. The van der Waals surface area contributed by atoms with Gasteiger partial charge in [0.2, 0.25) is 0 Å². The van der Waals surface area contributed by atoms with Crippen LogP contribution >= 0.6 is 0 Å². The molecule has 1 heterocycles. The molecule has 0 saturated carbocycles. The molecule has 0 bridgehead atoms. The number of nitrogens with zero attached hydrogens (tertiary/aromatic N) is 3. The lowest BCUT2D eigenvalue weighted by Crippen LogP contribution is -2.49. The molecule has 1 aliphatic heterocycles. The second kappa shape index (κ2) is 10.7. The zero-order chi connectivity index (χ0) is 26.7. The van der Waals surface area contributed by atoms with Crippen LogP contribution in [0.25, 0.3) is 0 Å². The quantitative estimate of drug-likeness (QED) is 0.464. The number of hydrogen-bond acceptors (Lipinski definition) is 6. The normalized spacial score (nSPS) is 13.9. The molecule has 0 N–H and O–H groups in total. The van der Waals surface area contributed by atoms with E-state index >= 15 is 0 Å². The van der Waals surface area contributed by atoms with Crippen molar-refractivity contribution in [1.82, 2.24) is 4.90 Å². The number of aryl methyl sites for hydroxylation is 1. The molecule has 1 aliphatic rings. The second-order valence-corrected chi connectivity index (χ2v) is 11.0. The maximum atomic E-state index is 13.2. The Bertz CT molecular complexity index is 1380. The van der Waals surface area contributed by atoms with E-state index in [4.69, 9.17) is 9.47 Å². The van der Waals surface area contributed by atoms with E-state index in [9.17, 15) is 13.2 Å². The van der Waals surface area contributed by atoms with Gasteiger partial charge in [0.1, 0.15) is 0 Å². The first-order valence-electron chi connectivity index (χ1n) is 12.1. The third-order valence-corrected chi connectivity index (χ3v) is 8.76. The van der Waals surface area contributed by atoms with Gasteiger partial charge in [-0.05, 0) is 67.4 Å². The Hall–Kier alpha value is -3.72. The maximum absolute atomic E-state index is 13.2. The van der Waals surface area contributed by atoms with Gasteiger partial charge in [-0.1, -0.05) is 12.1 Å². The average molecular weight is 524 g/mol. The Morgan fingerprint density at radius 2 is 1.51 bits per heavy atom. The zero-order valence-corrected chi connectivity index (χ0v) is 22.7. The van der Waals surface area contributed by atoms with Crippen molar-refractivity contribution >= 4 is 27.3 Å². The maximum Gasteiger partial charge on any atom is 0.264 e. The fourth-order valence-corrected chi connectivity index (χ4v) is 5.71. The molecule has 0 unspecified atom stereocenters. The van der Waals surface area contributed by atoms with Crippen molar-refractivity contribution in [1.29, 1.82) is 0 Å². The Morgan fingerprint density at radius 1 is 0.865 bits per heavy atom. The van der Waals surface area contributed by atoms with Crippen LogP contribution in [0.2, 0.25) is 0 Å². The number of ether oxygens (including phenoxy) is 2. The van der Waals surface area contributed by atoms with E-state index in [1.54, 1.807) is 30.3 Å². The molecule has 3 aromatic rings. The van der Waals surface area contributed by atoms with Gasteiger partial charge in [-0.25, -0.2) is 8.42 Å². The Kier molecular flexibility index (Phi) is 7.63. The summed E-state index contributed by atoms with van der Waals surface area (Å²) in [7, 11) is 0.584. The SMILES string of the molecule is COc1ccc(S(=O)(=O)N(C)c2ccc(C(=O)N3CCN(c4cccc(C)c4C)CC3)cc2)cc1OC. The lowest BCUT2D eigenvalue weighted by molar-refractivity contribution is 0.0747. The van der Waals surface area contributed by atoms with Crippen molar-refractivity contribution in [3.8, 4) is 11.5 Å². The van der Waals surface area contributed by atoms with Crippen molar-refractivity contribution in [3.05, 3.63) is 77.4 Å². The van der Waals surface area contributed by atoms with Crippen LogP contribution in [0.3, 0.4) is 0 Å². The molecule has 0 atom stereocenters. The molecule has 1 amide bonds. The van der Waals surface area contributed by atoms with E-state index in [1.165, 1.54) is 54.5 Å². The summed E-state index contributed by atoms with van der Waals surface area (Å²) in [5.74, 6) is 0.718. The van der Waals surface area contributed by atoms with Gasteiger partial charge in [0.25, 0.3) is 15.9 Å². The number of carbonyl (C=O) groups excluding carboxylic acids is 1. The number of piperazine rings is 1. The zero-order valence-electron chi connectivity index (χ0n) is 21.9. The predicted octanol–water partition coefficient (Wildman–Crippen LogP) is 4.11. The van der Waals surface area contributed by atoms with Gasteiger partial charge in [-0.15, -0.1) is 0 Å². The largest absolute Gasteiger partial charge is 0.493 e. The summed E-state index contributed by atoms with van der Waals surface area (Å²) < 4.78 is 38.1. The fraction of sp³-hybridized carbons (Fsp3) is 0.321. The van der Waals surface area contributed by atoms with Crippen LogP contribution in [0.1, 0.15) is 21.5 Å². The molecule has 0 aliphatic carbocycles. The van der Waals surface area contributed by atoms with Gasteiger partial charge in [0.05, 0.1) is 24.8 Å². The minimum absolute atomic E-state index is 0.0578. The van der Waals surface area contributed by atoms with Crippen molar-refractivity contribution in [2.45, 2.75) is 18.7 Å². The molecule has 0 aromatic heterocycles. The molecule has 0 radical (unpaired) electrons. The molecule has 9 heteroatoms. The molecule has 3 aromatic carbocycles. The number of sulfonamides is 1. The Balaban J connectivity index is 1.44. The highest BCUT2D eigenvalue weighted by Crippen LogP contribution is 2.32. The fourth-order valence-electron chi connectivity index (χ4n) is 4.50. The molecule has 8 nitrogen and oxygen atoms in total. The molecule has 1 fully saturated rings. The van der Waals surface area contributed by atoms with Crippen molar-refractivity contribution in [3.63, 3.8) is 0 Å². The van der Waals surface area contributed by atoms with Gasteiger partial charge < -0.3 is 19.3 Å². The first-order valence-corrected chi connectivity index (χ1v) is 13.5. The highest BCUT2D eigenvalue weighted by atomic mass is 32.2. The van der Waals surface area contributed by atoms with Crippen molar-refractivity contribution < 1.29 is 22.7 Å².